The molecule has 132 heavy (non-hydrogen) atoms. The van der Waals surface area contributed by atoms with Crippen LogP contribution in [-0.4, -0.2) is 143 Å². The summed E-state index contributed by atoms with van der Waals surface area (Å²) in [7, 11) is -5.46. The van der Waals surface area contributed by atoms with Crippen molar-refractivity contribution < 1.29 is 59.4 Å². The van der Waals surface area contributed by atoms with Gasteiger partial charge in [-0.3, -0.25) is 59.4 Å². The van der Waals surface area contributed by atoms with E-state index in [0.717, 1.165) is 162 Å². The number of carbonyl (C=O) groups is 8. The number of benzene rings is 5. The summed E-state index contributed by atoms with van der Waals surface area (Å²) in [5.41, 5.74) is 27.1. The van der Waals surface area contributed by atoms with Crippen molar-refractivity contribution >= 4 is 188 Å². The van der Waals surface area contributed by atoms with Crippen molar-refractivity contribution in [2.75, 3.05) is 76.5 Å². The van der Waals surface area contributed by atoms with Gasteiger partial charge in [0.15, 0.2) is 0 Å². The van der Waals surface area contributed by atoms with E-state index in [2.05, 4.69) is 79.6 Å². The molecule has 5 unspecified atom stereocenters. The number of aromatic amines is 5. The molecule has 696 valence electrons. The van der Waals surface area contributed by atoms with Crippen molar-refractivity contribution in [3.05, 3.63) is 232 Å². The largest absolute Gasteiger partial charge is 0.359 e. The van der Waals surface area contributed by atoms with Crippen LogP contribution < -0.4 is 42.5 Å². The molecule has 17 rings (SSSR count). The van der Waals surface area contributed by atoms with Gasteiger partial charge in [-0.05, 0) is 280 Å². The molecule has 26 nitrogen and oxygen atoms in total. The van der Waals surface area contributed by atoms with Gasteiger partial charge >= 0.3 is 0 Å². The third-order valence-electron chi connectivity index (χ3n) is 23.8. The van der Waals surface area contributed by atoms with Crippen LogP contribution in [0.25, 0.3) is 58.2 Å². The van der Waals surface area contributed by atoms with E-state index >= 15 is 0 Å². The summed E-state index contributed by atoms with van der Waals surface area (Å²) in [5, 5.41) is 23.0. The highest BCUT2D eigenvalue weighted by atomic mass is 32.2. The number of hydrogen-bond donors (Lipinski definition) is 13. The van der Waals surface area contributed by atoms with E-state index in [4.69, 9.17) is 0 Å². The molecule has 0 spiro atoms. The first-order chi connectivity index (χ1) is 62.2. The van der Waals surface area contributed by atoms with E-state index in [1.54, 1.807) is 91.6 Å². The molecule has 2 aliphatic carbocycles. The molecule has 0 radical (unpaired) electrons. The van der Waals surface area contributed by atoms with Crippen LogP contribution in [0.1, 0.15) is 244 Å². The highest BCUT2D eigenvalue weighted by Crippen LogP contribution is 2.43. The lowest BCUT2D eigenvalue weighted by Crippen LogP contribution is -2.24. The maximum Gasteiger partial charge on any atom is 0.256 e. The average Bonchev–Trinajstić information content (AvgIpc) is 1.62. The first-order valence-electron chi connectivity index (χ1n) is 43.7. The van der Waals surface area contributed by atoms with Gasteiger partial charge in [-0.15, -0.1) is 0 Å². The van der Waals surface area contributed by atoms with E-state index in [1.807, 2.05) is 126 Å². The Morgan fingerprint density at radius 3 is 0.962 bits per heavy atom. The number of aryl methyl sites for hydroxylation is 7. The highest BCUT2D eigenvalue weighted by molar-refractivity contribution is 7.85. The van der Waals surface area contributed by atoms with Gasteiger partial charge in [0.2, 0.25) is 0 Å². The summed E-state index contributed by atoms with van der Waals surface area (Å²) < 4.78 is 59.7. The monoisotopic (exact) mass is 1880 g/mol. The summed E-state index contributed by atoms with van der Waals surface area (Å²) in [4.78, 5) is 120. The number of nitrogens with one attached hydrogen (secondary N) is 13. The maximum absolute atomic E-state index is 12.6. The van der Waals surface area contributed by atoms with Crippen LogP contribution in [0.3, 0.4) is 0 Å². The Kier molecular flexibility index (Phi) is 33.3. The molecule has 5 aromatic carbocycles. The number of carbonyl (C=O) groups excluding carboxylic acids is 8. The minimum Gasteiger partial charge on any atom is -0.359 e. The Labute approximate surface area is 784 Å². The van der Waals surface area contributed by atoms with Gasteiger partial charge in [0.25, 0.3) is 47.3 Å². The molecule has 0 saturated heterocycles. The third kappa shape index (κ3) is 21.9. The summed E-state index contributed by atoms with van der Waals surface area (Å²) in [5.74, 6) is -0.0984. The van der Waals surface area contributed by atoms with Gasteiger partial charge in [0, 0.05) is 209 Å². The van der Waals surface area contributed by atoms with Crippen LogP contribution >= 0.6 is 0 Å². The average molecular weight is 1880 g/mol. The molecule has 5 aliphatic heterocycles. The minimum atomic E-state index is -1.15. The Morgan fingerprint density at radius 1 is 0.348 bits per heavy atom. The smallest absolute Gasteiger partial charge is 0.256 e. The lowest BCUT2D eigenvalue weighted by atomic mass is 9.98. The second-order valence-corrected chi connectivity index (χ2v) is 40.3. The number of fused-ring (bicyclic) bond motifs is 7. The molecule has 7 aliphatic rings. The number of anilines is 5. The molecule has 13 N–H and O–H groups in total. The van der Waals surface area contributed by atoms with Gasteiger partial charge in [-0.2, -0.15) is 0 Å². The summed E-state index contributed by atoms with van der Waals surface area (Å²) in [6, 6.07) is 29.5. The first-order valence-corrected chi connectivity index (χ1v) is 51.0. The number of hydrogen-bond acceptors (Lipinski definition) is 13. The first kappa shape index (κ1) is 100. The van der Waals surface area contributed by atoms with Gasteiger partial charge in [0.1, 0.15) is 0 Å². The highest BCUT2D eigenvalue weighted by Gasteiger charge is 2.34. The van der Waals surface area contributed by atoms with E-state index in [0.29, 0.717) is 107 Å². The summed E-state index contributed by atoms with van der Waals surface area (Å²) in [6.07, 6.45) is 25.9. The van der Waals surface area contributed by atoms with Crippen LogP contribution in [0.4, 0.5) is 28.4 Å². The van der Waals surface area contributed by atoms with Gasteiger partial charge in [-0.1, -0.05) is 49.5 Å². The normalized spacial score (nSPS) is 16.6. The molecule has 5 atom stereocenters. The predicted molar refractivity (Wildman–Crippen MR) is 537 cm³/mol. The summed E-state index contributed by atoms with van der Waals surface area (Å²) in [6.45, 7) is 24.6. The molecule has 8 amide bonds. The van der Waals surface area contributed by atoms with Gasteiger partial charge < -0.3 is 67.5 Å². The van der Waals surface area contributed by atoms with Crippen molar-refractivity contribution in [1.29, 1.82) is 0 Å². The van der Waals surface area contributed by atoms with Crippen LogP contribution in [0.2, 0.25) is 0 Å². The number of H-pyrrole nitrogens is 5. The lowest BCUT2D eigenvalue weighted by Gasteiger charge is -2.08. The van der Waals surface area contributed by atoms with Crippen LogP contribution in [0.15, 0.2) is 122 Å². The van der Waals surface area contributed by atoms with Gasteiger partial charge in [0.05, 0.1) is 77.0 Å². The fourth-order valence-electron chi connectivity index (χ4n) is 17.0. The SMILES string of the molecule is C.C.CCCNC(=O)c1c(C)[nH]c(/C=C2\C(=O)Nc3ccc(S(=O)CC)cc32)c1C.CCCNC(=O)c1c(C)[nH]c(/C=C2\C(=O)Nc3ccc(S(C)=O)c(C)c32)c1C.CCCNC(=O)c1c(C)[nH]c(/C=C2\C(=O)Nc3ccc(S(C)=O)cc32)c1C.CCS(=O)c1ccc2c(c1)/C(=C/c1cc3c([nH]1)CCCC3)C(=O)N2.CS(=O)c1ccc2c(c1)/C(=C/c1cc3c([nH]1)CCCC3)C(=O)N2. The molecule has 10 heterocycles. The fourth-order valence-corrected chi connectivity index (χ4v) is 20.5. The molecule has 0 bridgehead atoms. The quantitative estimate of drug-likeness (QED) is 0.0298. The Hall–Kier alpha value is -12.3. The molecular weight excluding hydrogens is 1760 g/mol. The molecule has 10 aromatic rings. The van der Waals surface area contributed by atoms with Crippen molar-refractivity contribution in [3.8, 4) is 0 Å². The lowest BCUT2D eigenvalue weighted by molar-refractivity contribution is -0.111. The Balaban J connectivity index is 0.000000159. The standard InChI is InChI=1S/2C21H25N3O3S.C20H23N3O3S.C19H20N2O2S.C18H18N2O2S.2CH4/c1-6-9-22-21(26)18-11(2)16(23-13(18)4)10-14-19-12(3)17(28(5)27)8-7-15(19)24-20(14)25;1-5-9-22-21(26)19-12(3)18(23-13(19)4)11-16-15-10-14(28(27)6-2)7-8-17(15)24-20(16)25;1-5-8-21-20(25)18-11(2)17(22-12(18)3)10-15-14-9-13(27(4)26)6-7-16(14)23-19(15)24;1-2-24(23)14-7-8-18-15(11-14)16(19(22)21-18)10-13-9-12-5-3-4-6-17(12)20-13;1-23(22)13-6-7-17-14(10-13)15(18(21)20-17)9-12-8-11-4-2-3-5-16(11)19-12;;/h7-8,10,23H,6,9H2,1-5H3,(H,22,26)(H,24,25);7-8,10-11,23H,5-6,9H2,1-4H3,(H,22,26)(H,24,25);6-7,9-10,22H,5,8H2,1-4H3,(H,21,25)(H,23,24);7-11,20H,2-6H2,1H3,(H,21,22);6-10,19H,2-5H2,1H3,(H,20,21);2*1H4/b14-10-;16-11-;15-10-;16-10-;15-9-;;. The zero-order valence-corrected chi connectivity index (χ0v) is 79.9. The third-order valence-corrected chi connectivity index (χ3v) is 29.3. The zero-order chi connectivity index (χ0) is 93.4. The number of rotatable bonds is 21. The zero-order valence-electron chi connectivity index (χ0n) is 75.8. The Bertz CT molecular complexity index is 6530. The number of aromatic nitrogens is 5. The maximum atomic E-state index is 12.6. The van der Waals surface area contributed by atoms with Crippen LogP contribution in [0.5, 0.6) is 0 Å². The second kappa shape index (κ2) is 43.8. The number of amides is 8. The van der Waals surface area contributed by atoms with Gasteiger partial charge in [-0.25, -0.2) is 0 Å². The van der Waals surface area contributed by atoms with Crippen LogP contribution in [-0.2, 0) is 104 Å². The van der Waals surface area contributed by atoms with E-state index in [1.165, 1.54) is 48.2 Å². The minimum absolute atomic E-state index is 0. The van der Waals surface area contributed by atoms with Crippen molar-refractivity contribution in [2.45, 2.75) is 193 Å². The predicted octanol–water partition coefficient (Wildman–Crippen LogP) is 17.6. The molecule has 0 fully saturated rings. The molecule has 31 heteroatoms. The second-order valence-electron chi connectivity index (χ2n) is 32.8. The molecular formula is C101H119N13O13S5. The Morgan fingerprint density at radius 2 is 0.644 bits per heavy atom. The van der Waals surface area contributed by atoms with Crippen molar-refractivity contribution in [3.63, 3.8) is 0 Å². The van der Waals surface area contributed by atoms with Crippen LogP contribution in [0, 0.1) is 48.5 Å². The topological polar surface area (TPSA) is 397 Å². The summed E-state index contributed by atoms with van der Waals surface area (Å²) >= 11 is 0. The fraction of sp³-hybridized carbons (Fsp3) is 0.327. The van der Waals surface area contributed by atoms with Crippen molar-refractivity contribution in [1.82, 2.24) is 40.9 Å². The van der Waals surface area contributed by atoms with Crippen molar-refractivity contribution in [2.24, 2.45) is 0 Å². The van der Waals surface area contributed by atoms with E-state index in [9.17, 15) is 59.4 Å². The van der Waals surface area contributed by atoms with E-state index < -0.39 is 54.0 Å². The molecule has 5 aromatic heterocycles. The molecule has 0 saturated carbocycles. The van der Waals surface area contributed by atoms with E-state index in [-0.39, 0.29) is 62.1 Å².